The molecule has 1 aromatic carbocycles. The molecule has 0 atom stereocenters. The first-order chi connectivity index (χ1) is 8.56. The third kappa shape index (κ3) is 3.37. The number of anilines is 1. The molecule has 0 aliphatic rings. The molecule has 0 bridgehead atoms. The number of nitrogen functional groups attached to an aromatic ring is 1. The van der Waals surface area contributed by atoms with Crippen LogP contribution in [0.4, 0.5) is 18.9 Å². The fraction of sp³-hybridized carbons (Fsp3) is 0.300. The zero-order chi connectivity index (χ0) is 14.8. The summed E-state index contributed by atoms with van der Waals surface area (Å²) in [6, 6.07) is 3.75. The van der Waals surface area contributed by atoms with Gasteiger partial charge in [-0.15, -0.1) is 0 Å². The van der Waals surface area contributed by atoms with Crippen LogP contribution >= 0.6 is 0 Å². The number of alkyl halides is 3. The number of nitrogens with two attached hydrogens (primary N) is 1. The predicted molar refractivity (Wildman–Crippen MR) is 61.4 cm³/mol. The highest BCUT2D eigenvalue weighted by Gasteiger charge is 2.44. The minimum atomic E-state index is -5.33. The van der Waals surface area contributed by atoms with Crippen molar-refractivity contribution in [3.05, 3.63) is 29.3 Å². The van der Waals surface area contributed by atoms with E-state index in [4.69, 9.17) is 10.8 Å². The molecule has 3 N–H and O–H groups in total. The van der Waals surface area contributed by atoms with E-state index in [0.29, 0.717) is 0 Å². The van der Waals surface area contributed by atoms with Gasteiger partial charge in [0.2, 0.25) is 9.84 Å². The van der Waals surface area contributed by atoms with Crippen molar-refractivity contribution in [3.63, 3.8) is 0 Å². The summed E-state index contributed by atoms with van der Waals surface area (Å²) in [4.78, 5) is 10.8. The number of halogens is 3. The quantitative estimate of drug-likeness (QED) is 0.820. The van der Waals surface area contributed by atoms with Gasteiger partial charge in [-0.3, -0.25) is 0 Å². The minimum absolute atomic E-state index is 0.0488. The summed E-state index contributed by atoms with van der Waals surface area (Å²) in [6.07, 6.45) is -0.505. The number of carboxylic acid groups (broad SMARTS) is 1. The summed E-state index contributed by atoms with van der Waals surface area (Å²) >= 11 is 0. The lowest BCUT2D eigenvalue weighted by Crippen LogP contribution is -2.27. The minimum Gasteiger partial charge on any atom is -0.478 e. The van der Waals surface area contributed by atoms with Crippen LogP contribution in [0.25, 0.3) is 0 Å². The molecule has 0 radical (unpaired) electrons. The molecule has 1 rings (SSSR count). The van der Waals surface area contributed by atoms with Crippen molar-refractivity contribution in [1.29, 1.82) is 0 Å². The molecule has 0 unspecified atom stereocenters. The summed E-state index contributed by atoms with van der Waals surface area (Å²) in [5.41, 5.74) is -0.318. The highest BCUT2D eigenvalue weighted by atomic mass is 32.2. The molecule has 0 saturated heterocycles. The Bertz CT molecular complexity index is 595. The van der Waals surface area contributed by atoms with Crippen molar-refractivity contribution >= 4 is 21.5 Å². The fourth-order valence-corrected chi connectivity index (χ4v) is 2.10. The summed E-state index contributed by atoms with van der Waals surface area (Å²) in [5.74, 6) is -2.51. The number of para-hydroxylation sites is 1. The maximum Gasteiger partial charge on any atom is 0.497 e. The number of sulfone groups is 1. The van der Waals surface area contributed by atoms with Crippen LogP contribution in [-0.2, 0) is 16.3 Å². The maximum absolute atomic E-state index is 12.1. The van der Waals surface area contributed by atoms with Gasteiger partial charge in [-0.1, -0.05) is 12.1 Å². The SMILES string of the molecule is Nc1c(CCS(=O)(=O)C(F)(F)F)cccc1C(=O)O. The van der Waals surface area contributed by atoms with E-state index in [1.54, 1.807) is 0 Å². The van der Waals surface area contributed by atoms with Gasteiger partial charge in [0.1, 0.15) is 0 Å². The largest absolute Gasteiger partial charge is 0.497 e. The van der Waals surface area contributed by atoms with Crippen molar-refractivity contribution in [2.75, 3.05) is 11.5 Å². The first-order valence-electron chi connectivity index (χ1n) is 4.96. The van der Waals surface area contributed by atoms with E-state index < -0.39 is 33.5 Å². The predicted octanol–water partition coefficient (Wildman–Crippen LogP) is 1.44. The van der Waals surface area contributed by atoms with Crippen molar-refractivity contribution in [3.8, 4) is 0 Å². The summed E-state index contributed by atoms with van der Waals surface area (Å²) < 4.78 is 58.1. The van der Waals surface area contributed by atoms with E-state index in [1.807, 2.05) is 0 Å². The highest BCUT2D eigenvalue weighted by molar-refractivity contribution is 7.92. The van der Waals surface area contributed by atoms with Crippen LogP contribution in [0.15, 0.2) is 18.2 Å². The molecule has 0 spiro atoms. The second-order valence-corrected chi connectivity index (χ2v) is 5.80. The molecule has 0 amide bonds. The second kappa shape index (κ2) is 5.08. The summed E-state index contributed by atoms with van der Waals surface area (Å²) in [6.45, 7) is 0. The van der Waals surface area contributed by atoms with Gasteiger partial charge < -0.3 is 10.8 Å². The molecule has 0 aromatic heterocycles. The Balaban J connectivity index is 2.98. The highest BCUT2D eigenvalue weighted by Crippen LogP contribution is 2.26. The van der Waals surface area contributed by atoms with Crippen LogP contribution < -0.4 is 5.73 Å². The van der Waals surface area contributed by atoms with Crippen LogP contribution in [-0.4, -0.2) is 30.8 Å². The van der Waals surface area contributed by atoms with Crippen LogP contribution in [0.1, 0.15) is 15.9 Å². The lowest BCUT2D eigenvalue weighted by Gasteiger charge is -2.10. The molecule has 0 aliphatic heterocycles. The average Bonchev–Trinajstić information content (AvgIpc) is 2.25. The van der Waals surface area contributed by atoms with E-state index in [-0.39, 0.29) is 16.8 Å². The van der Waals surface area contributed by atoms with Crippen LogP contribution in [0.5, 0.6) is 0 Å². The Morgan fingerprint density at radius 2 is 1.89 bits per heavy atom. The number of aryl methyl sites for hydroxylation is 1. The summed E-state index contributed by atoms with van der Waals surface area (Å²) in [5, 5.41) is 8.77. The molecule has 0 aliphatic carbocycles. The molecular weight excluding hydrogens is 287 g/mol. The molecule has 5 nitrogen and oxygen atoms in total. The first-order valence-corrected chi connectivity index (χ1v) is 6.61. The summed E-state index contributed by atoms with van der Waals surface area (Å²) in [7, 11) is -5.25. The third-order valence-corrected chi connectivity index (χ3v) is 3.87. The maximum atomic E-state index is 12.1. The molecule has 0 fully saturated rings. The van der Waals surface area contributed by atoms with Gasteiger partial charge in [0.15, 0.2) is 0 Å². The normalized spacial score (nSPS) is 12.4. The molecule has 0 saturated carbocycles. The van der Waals surface area contributed by atoms with E-state index in [0.717, 1.165) is 0 Å². The smallest absolute Gasteiger partial charge is 0.478 e. The Labute approximate surface area is 106 Å². The number of aromatic carboxylic acids is 1. The average molecular weight is 297 g/mol. The molecule has 0 heterocycles. The second-order valence-electron chi connectivity index (χ2n) is 3.70. The standard InChI is InChI=1S/C10H10F3NO4S/c11-10(12,13)19(17,18)5-4-6-2-1-3-7(8(6)14)9(15)16/h1-3H,4-5,14H2,(H,15,16). The van der Waals surface area contributed by atoms with Crippen molar-refractivity contribution < 1.29 is 31.5 Å². The van der Waals surface area contributed by atoms with E-state index >= 15 is 0 Å². The van der Waals surface area contributed by atoms with Crippen LogP contribution in [0.2, 0.25) is 0 Å². The zero-order valence-electron chi connectivity index (χ0n) is 9.44. The lowest BCUT2D eigenvalue weighted by molar-refractivity contribution is -0.0435. The van der Waals surface area contributed by atoms with Gasteiger partial charge in [0.05, 0.1) is 11.3 Å². The van der Waals surface area contributed by atoms with E-state index in [9.17, 15) is 26.4 Å². The zero-order valence-corrected chi connectivity index (χ0v) is 10.3. The van der Waals surface area contributed by atoms with E-state index in [2.05, 4.69) is 0 Å². The Hall–Kier alpha value is -1.77. The van der Waals surface area contributed by atoms with E-state index in [1.165, 1.54) is 18.2 Å². The number of carboxylic acids is 1. The number of benzene rings is 1. The van der Waals surface area contributed by atoms with Gasteiger partial charge in [-0.2, -0.15) is 13.2 Å². The first kappa shape index (κ1) is 15.3. The van der Waals surface area contributed by atoms with Gasteiger partial charge in [-0.05, 0) is 18.1 Å². The number of hydrogen-bond donors (Lipinski definition) is 2. The van der Waals surface area contributed by atoms with Gasteiger partial charge >= 0.3 is 11.5 Å². The lowest BCUT2D eigenvalue weighted by atomic mass is 10.1. The Kier molecular flexibility index (Phi) is 4.09. The Morgan fingerprint density at radius 3 is 2.37 bits per heavy atom. The topological polar surface area (TPSA) is 97.5 Å². The molecular formula is C10H10F3NO4S. The molecule has 9 heteroatoms. The molecule has 19 heavy (non-hydrogen) atoms. The van der Waals surface area contributed by atoms with Crippen LogP contribution in [0, 0.1) is 0 Å². The third-order valence-electron chi connectivity index (χ3n) is 2.42. The van der Waals surface area contributed by atoms with Gasteiger partial charge in [-0.25, -0.2) is 13.2 Å². The van der Waals surface area contributed by atoms with Gasteiger partial charge in [0.25, 0.3) is 0 Å². The fourth-order valence-electron chi connectivity index (χ4n) is 1.38. The number of hydrogen-bond acceptors (Lipinski definition) is 4. The number of rotatable bonds is 4. The molecule has 106 valence electrons. The van der Waals surface area contributed by atoms with Crippen molar-refractivity contribution in [1.82, 2.24) is 0 Å². The number of carbonyl (C=O) groups is 1. The van der Waals surface area contributed by atoms with Crippen molar-refractivity contribution in [2.24, 2.45) is 0 Å². The monoisotopic (exact) mass is 297 g/mol. The van der Waals surface area contributed by atoms with Crippen LogP contribution in [0.3, 0.4) is 0 Å². The van der Waals surface area contributed by atoms with Crippen molar-refractivity contribution in [2.45, 2.75) is 11.9 Å². The van der Waals surface area contributed by atoms with Gasteiger partial charge in [0, 0.05) is 5.69 Å². The Morgan fingerprint density at radius 1 is 1.32 bits per heavy atom. The molecule has 1 aromatic rings.